The van der Waals surface area contributed by atoms with E-state index in [1.54, 1.807) is 25.1 Å². The lowest BCUT2D eigenvalue weighted by Crippen LogP contribution is -2.53. The van der Waals surface area contributed by atoms with Crippen LogP contribution in [0.2, 0.25) is 10.0 Å². The van der Waals surface area contributed by atoms with Crippen LogP contribution >= 0.6 is 23.2 Å². The third-order valence-electron chi connectivity index (χ3n) is 6.00. The largest absolute Gasteiger partial charge is 0.616 e. The summed E-state index contributed by atoms with van der Waals surface area (Å²) < 4.78 is 54.3. The second-order valence-corrected chi connectivity index (χ2v) is 10.8. The monoisotopic (exact) mass is 520 g/mol. The Morgan fingerprint density at radius 3 is 2.39 bits per heavy atom. The lowest BCUT2D eigenvalue weighted by atomic mass is 9.85. The van der Waals surface area contributed by atoms with Crippen LogP contribution < -0.4 is 5.32 Å². The number of hydrogen-bond donors (Lipinski definition) is 1. The van der Waals surface area contributed by atoms with E-state index in [0.717, 1.165) is 0 Å². The van der Waals surface area contributed by atoms with Gasteiger partial charge in [0.2, 0.25) is 5.60 Å². The molecule has 178 valence electrons. The summed E-state index contributed by atoms with van der Waals surface area (Å²) in [6, 6.07) is 7.85. The summed E-state index contributed by atoms with van der Waals surface area (Å²) in [4.78, 5) is 18.0. The third-order valence-corrected chi connectivity index (χ3v) is 7.98. The Bertz CT molecular complexity index is 1060. The highest BCUT2D eigenvalue weighted by atomic mass is 35.5. The number of nitrogens with one attached hydrogen (secondary N) is 1. The van der Waals surface area contributed by atoms with Crippen molar-refractivity contribution in [2.24, 2.45) is 0 Å². The molecular weight excluding hydrogens is 500 g/mol. The summed E-state index contributed by atoms with van der Waals surface area (Å²) in [7, 11) is 1.44. The number of rotatable bonds is 4. The molecule has 0 saturated carbocycles. The number of hydroxylamine groups is 2. The Labute approximate surface area is 202 Å². The number of nitrogens with zero attached hydrogens (tertiary/aromatic N) is 1. The number of carbonyl (C=O) groups excluding carboxylic acids is 1. The molecule has 1 amide bonds. The Morgan fingerprint density at radius 1 is 1.21 bits per heavy atom. The van der Waals surface area contributed by atoms with Gasteiger partial charge in [0.25, 0.3) is 5.91 Å². The Hall–Kier alpha value is -1.49. The first kappa shape index (κ1) is 24.6. The minimum atomic E-state index is -4.73. The Kier molecular flexibility index (Phi) is 6.67. The molecule has 11 heteroatoms. The van der Waals surface area contributed by atoms with Gasteiger partial charge in [0, 0.05) is 29.1 Å². The van der Waals surface area contributed by atoms with Crippen LogP contribution in [0.15, 0.2) is 36.4 Å². The highest BCUT2D eigenvalue weighted by Gasteiger charge is 2.63. The summed E-state index contributed by atoms with van der Waals surface area (Å²) in [5, 5.41) is 4.17. The van der Waals surface area contributed by atoms with Gasteiger partial charge in [-0.3, -0.25) is 9.63 Å². The molecule has 1 N–H and O–H groups in total. The Balaban J connectivity index is 1.62. The van der Waals surface area contributed by atoms with E-state index in [1.165, 1.54) is 30.3 Å². The van der Waals surface area contributed by atoms with Gasteiger partial charge in [-0.25, -0.2) is 0 Å². The zero-order valence-electron chi connectivity index (χ0n) is 17.7. The van der Waals surface area contributed by atoms with Gasteiger partial charge < -0.3 is 9.87 Å². The molecule has 4 rings (SSSR count). The van der Waals surface area contributed by atoms with E-state index >= 15 is 0 Å². The molecule has 0 spiro atoms. The average molecular weight is 521 g/mol. The van der Waals surface area contributed by atoms with Crippen LogP contribution in [0.25, 0.3) is 0 Å². The average Bonchev–Trinajstić information content (AvgIpc) is 3.04. The van der Waals surface area contributed by atoms with Gasteiger partial charge in [0.05, 0.1) is 6.04 Å². The van der Waals surface area contributed by atoms with Crippen LogP contribution in [0.3, 0.4) is 0 Å². The van der Waals surface area contributed by atoms with Crippen LogP contribution in [-0.2, 0) is 21.6 Å². The fourth-order valence-electron chi connectivity index (χ4n) is 4.26. The fraction of sp³-hybridized carbons (Fsp3) is 0.409. The molecule has 2 atom stereocenters. The lowest BCUT2D eigenvalue weighted by Gasteiger charge is -2.31. The predicted molar refractivity (Wildman–Crippen MR) is 121 cm³/mol. The minimum Gasteiger partial charge on any atom is -0.616 e. The second-order valence-electron chi connectivity index (χ2n) is 8.36. The van der Waals surface area contributed by atoms with E-state index in [2.05, 4.69) is 5.32 Å². The zero-order valence-corrected chi connectivity index (χ0v) is 20.0. The normalized spacial score (nSPS) is 27.9. The van der Waals surface area contributed by atoms with Gasteiger partial charge in [0.1, 0.15) is 17.5 Å². The molecule has 2 aromatic rings. The molecule has 0 radical (unpaired) electrons. The second kappa shape index (κ2) is 8.94. The summed E-state index contributed by atoms with van der Waals surface area (Å²) in [6.45, 7) is 1.72. The molecule has 2 aliphatic heterocycles. The SMILES string of the molecule is Cc1cc(C2CC(c3cc(Cl)cc(Cl)c3)(C(F)(F)F)ON2C)ccc1C(=O)NC1C[S+]([O-])C1. The van der Waals surface area contributed by atoms with Crippen molar-refractivity contribution in [2.75, 3.05) is 18.6 Å². The molecule has 2 heterocycles. The topological polar surface area (TPSA) is 64.6 Å². The number of halogens is 5. The van der Waals surface area contributed by atoms with Gasteiger partial charge in [-0.2, -0.15) is 18.2 Å². The zero-order chi connectivity index (χ0) is 24.1. The van der Waals surface area contributed by atoms with E-state index in [-0.39, 0.29) is 27.6 Å². The number of hydrogen-bond acceptors (Lipinski definition) is 4. The molecule has 33 heavy (non-hydrogen) atoms. The maximum absolute atomic E-state index is 14.4. The van der Waals surface area contributed by atoms with Crippen molar-refractivity contribution in [3.05, 3.63) is 68.7 Å². The molecule has 2 saturated heterocycles. The smallest absolute Gasteiger partial charge is 0.423 e. The van der Waals surface area contributed by atoms with Crippen molar-refractivity contribution in [1.29, 1.82) is 0 Å². The number of carbonyl (C=O) groups is 1. The van der Waals surface area contributed by atoms with Crippen molar-refractivity contribution in [2.45, 2.75) is 37.2 Å². The summed E-state index contributed by atoms with van der Waals surface area (Å²) in [6.07, 6.45) is -5.15. The standard InChI is InChI=1S/C22H21Cl2F3N2O3S/c1-12-5-13(3-4-18(12)20(30)28-17-10-33(31)11-17)19-9-21(22(25,26)27,32-29(19)2)14-6-15(23)8-16(24)7-14/h3-8,17,19H,9-11H2,1-2H3,(H,28,30). The molecule has 2 aromatic carbocycles. The van der Waals surface area contributed by atoms with Crippen molar-refractivity contribution < 1.29 is 27.4 Å². The lowest BCUT2D eigenvalue weighted by molar-refractivity contribution is -0.322. The maximum Gasteiger partial charge on any atom is 0.423 e. The van der Waals surface area contributed by atoms with Crippen LogP contribution in [-0.4, -0.2) is 46.3 Å². The molecule has 0 bridgehead atoms. The fourth-order valence-corrected chi connectivity index (χ4v) is 5.75. The number of alkyl halides is 3. The number of amides is 1. The first-order valence-corrected chi connectivity index (χ1v) is 12.4. The summed E-state index contributed by atoms with van der Waals surface area (Å²) >= 11 is 11.1. The summed E-state index contributed by atoms with van der Waals surface area (Å²) in [5.41, 5.74) is -1.18. The molecular formula is C22H21Cl2F3N2O3S. The summed E-state index contributed by atoms with van der Waals surface area (Å²) in [5.74, 6) is 0.565. The quantitative estimate of drug-likeness (QED) is 0.580. The highest BCUT2D eigenvalue weighted by Crippen LogP contribution is 2.54. The first-order valence-electron chi connectivity index (χ1n) is 10.1. The van der Waals surface area contributed by atoms with Gasteiger partial charge in [-0.1, -0.05) is 35.3 Å². The van der Waals surface area contributed by atoms with Crippen molar-refractivity contribution in [1.82, 2.24) is 10.4 Å². The van der Waals surface area contributed by atoms with Crippen LogP contribution in [0.5, 0.6) is 0 Å². The van der Waals surface area contributed by atoms with Crippen LogP contribution in [0.4, 0.5) is 13.2 Å². The molecule has 2 aliphatic rings. The first-order chi connectivity index (χ1) is 15.4. The van der Waals surface area contributed by atoms with Crippen LogP contribution in [0.1, 0.15) is 39.5 Å². The number of aryl methyl sites for hydroxylation is 1. The molecule has 2 unspecified atom stereocenters. The van der Waals surface area contributed by atoms with Crippen molar-refractivity contribution in [3.63, 3.8) is 0 Å². The van der Waals surface area contributed by atoms with Crippen LogP contribution in [0, 0.1) is 6.92 Å². The molecule has 0 aromatic heterocycles. The van der Waals surface area contributed by atoms with E-state index in [9.17, 15) is 22.5 Å². The highest BCUT2D eigenvalue weighted by molar-refractivity contribution is 7.92. The van der Waals surface area contributed by atoms with E-state index in [0.29, 0.717) is 28.2 Å². The van der Waals surface area contributed by atoms with Crippen molar-refractivity contribution in [3.8, 4) is 0 Å². The van der Waals surface area contributed by atoms with Gasteiger partial charge in [-0.15, -0.1) is 0 Å². The maximum atomic E-state index is 14.4. The van der Waals surface area contributed by atoms with E-state index in [1.807, 2.05) is 0 Å². The number of benzene rings is 2. The molecule has 5 nitrogen and oxygen atoms in total. The van der Waals surface area contributed by atoms with E-state index < -0.39 is 35.4 Å². The van der Waals surface area contributed by atoms with Crippen molar-refractivity contribution >= 4 is 40.3 Å². The molecule has 2 fully saturated rings. The van der Waals surface area contributed by atoms with Gasteiger partial charge in [-0.05, 0) is 59.1 Å². The predicted octanol–water partition coefficient (Wildman–Crippen LogP) is 4.93. The minimum absolute atomic E-state index is 0.0809. The van der Waals surface area contributed by atoms with E-state index in [4.69, 9.17) is 28.0 Å². The van der Waals surface area contributed by atoms with Gasteiger partial charge in [0.15, 0.2) is 0 Å². The Morgan fingerprint density at radius 2 is 1.85 bits per heavy atom. The molecule has 0 aliphatic carbocycles. The third kappa shape index (κ3) is 4.72. The van der Waals surface area contributed by atoms with Gasteiger partial charge >= 0.3 is 6.18 Å².